The van der Waals surface area contributed by atoms with Crippen LogP contribution in [0.2, 0.25) is 0 Å². The van der Waals surface area contributed by atoms with Crippen molar-refractivity contribution in [3.63, 3.8) is 0 Å². The van der Waals surface area contributed by atoms with Crippen LogP contribution in [0.1, 0.15) is 17.3 Å². The fraction of sp³-hybridized carbons (Fsp3) is 0.300. The summed E-state index contributed by atoms with van der Waals surface area (Å²) in [6.45, 7) is 5.31. The van der Waals surface area contributed by atoms with Gasteiger partial charge in [-0.15, -0.1) is 0 Å². The van der Waals surface area contributed by atoms with E-state index in [0.717, 1.165) is 31.9 Å². The molecular weight excluding hydrogens is 346 g/mol. The zero-order valence-electron chi connectivity index (χ0n) is 15.1. The second kappa shape index (κ2) is 8.55. The Morgan fingerprint density at radius 3 is 2.30 bits per heavy atom. The van der Waals surface area contributed by atoms with Crippen molar-refractivity contribution in [2.45, 2.75) is 13.0 Å². The summed E-state index contributed by atoms with van der Waals surface area (Å²) in [7, 11) is 0. The number of rotatable bonds is 6. The molecule has 1 aliphatic rings. The molecule has 0 bridgehead atoms. The fourth-order valence-corrected chi connectivity index (χ4v) is 2.82. The van der Waals surface area contributed by atoms with E-state index < -0.39 is 12.1 Å². The molecule has 0 spiro atoms. The van der Waals surface area contributed by atoms with Crippen LogP contribution >= 0.6 is 0 Å². The molecule has 27 heavy (non-hydrogen) atoms. The van der Waals surface area contributed by atoms with Gasteiger partial charge in [-0.05, 0) is 55.5 Å². The maximum Gasteiger partial charge on any atom is 0.344 e. The third-order valence-corrected chi connectivity index (χ3v) is 4.38. The first-order valence-corrected chi connectivity index (χ1v) is 8.89. The van der Waals surface area contributed by atoms with Crippen molar-refractivity contribution in [1.82, 2.24) is 5.32 Å². The minimum Gasteiger partial charge on any atom is -0.479 e. The number of benzene rings is 2. The van der Waals surface area contributed by atoms with Crippen LogP contribution in [0, 0.1) is 0 Å². The average Bonchev–Trinajstić information content (AvgIpc) is 2.70. The van der Waals surface area contributed by atoms with Crippen LogP contribution in [0.5, 0.6) is 5.75 Å². The number of nitrogens with zero attached hydrogens (tertiary/aromatic N) is 1. The Balaban J connectivity index is 1.59. The molecule has 0 saturated carbocycles. The maximum atomic E-state index is 12.4. The molecule has 1 amide bonds. The van der Waals surface area contributed by atoms with Crippen LogP contribution in [-0.2, 0) is 4.79 Å². The summed E-state index contributed by atoms with van der Waals surface area (Å²) < 4.78 is 5.27. The molecular formula is C20H23N3O4. The predicted octanol–water partition coefficient (Wildman–Crippen LogP) is 2.20. The van der Waals surface area contributed by atoms with Gasteiger partial charge in [0.05, 0.1) is 0 Å². The molecule has 2 aromatic carbocycles. The van der Waals surface area contributed by atoms with E-state index in [9.17, 15) is 9.59 Å². The predicted molar refractivity (Wildman–Crippen MR) is 104 cm³/mol. The quantitative estimate of drug-likeness (QED) is 0.723. The number of ether oxygens (including phenoxy) is 1. The zero-order chi connectivity index (χ0) is 19.2. The number of carboxylic acid groups (broad SMARTS) is 1. The van der Waals surface area contributed by atoms with Crippen molar-refractivity contribution in [1.29, 1.82) is 0 Å². The highest BCUT2D eigenvalue weighted by atomic mass is 16.5. The highest BCUT2D eigenvalue weighted by Crippen LogP contribution is 2.19. The molecule has 0 aromatic heterocycles. The second-order valence-electron chi connectivity index (χ2n) is 6.36. The van der Waals surface area contributed by atoms with Crippen molar-refractivity contribution in [3.05, 3.63) is 54.1 Å². The monoisotopic (exact) mass is 369 g/mol. The Hall–Kier alpha value is -3.06. The van der Waals surface area contributed by atoms with E-state index in [1.165, 1.54) is 6.92 Å². The minimum absolute atomic E-state index is 0.200. The van der Waals surface area contributed by atoms with E-state index >= 15 is 0 Å². The summed E-state index contributed by atoms with van der Waals surface area (Å²) in [5.41, 5.74) is 2.30. The van der Waals surface area contributed by atoms with E-state index in [4.69, 9.17) is 9.84 Å². The lowest BCUT2D eigenvalue weighted by Crippen LogP contribution is -2.43. The first kappa shape index (κ1) is 18.7. The lowest BCUT2D eigenvalue weighted by Gasteiger charge is -2.29. The summed E-state index contributed by atoms with van der Waals surface area (Å²) >= 11 is 0. The molecule has 3 N–H and O–H groups in total. The Kier molecular flexibility index (Phi) is 5.93. The van der Waals surface area contributed by atoms with Gasteiger partial charge in [-0.25, -0.2) is 4.79 Å². The van der Waals surface area contributed by atoms with Crippen LogP contribution in [0.25, 0.3) is 0 Å². The van der Waals surface area contributed by atoms with E-state index in [2.05, 4.69) is 15.5 Å². The van der Waals surface area contributed by atoms with Gasteiger partial charge in [0.2, 0.25) is 0 Å². The number of amides is 1. The van der Waals surface area contributed by atoms with E-state index in [0.29, 0.717) is 17.0 Å². The molecule has 1 aliphatic heterocycles. The van der Waals surface area contributed by atoms with Crippen molar-refractivity contribution in [2.24, 2.45) is 0 Å². The summed E-state index contributed by atoms with van der Waals surface area (Å²) in [5, 5.41) is 15.0. The molecule has 1 atom stereocenters. The first-order chi connectivity index (χ1) is 13.0. The third-order valence-electron chi connectivity index (χ3n) is 4.38. The largest absolute Gasteiger partial charge is 0.479 e. The van der Waals surface area contributed by atoms with Crippen molar-refractivity contribution < 1.29 is 19.4 Å². The molecule has 0 radical (unpaired) electrons. The standard InChI is InChI=1S/C20H23N3O4/c1-14(20(25)26)27-18-8-4-16(5-9-18)22-19(24)15-2-6-17(7-3-15)23-12-10-21-11-13-23/h2-9,14,21H,10-13H2,1H3,(H,22,24)(H,25,26). The Labute approximate surface area is 157 Å². The normalized spacial score (nSPS) is 15.1. The number of nitrogens with one attached hydrogen (secondary N) is 2. The smallest absolute Gasteiger partial charge is 0.344 e. The van der Waals surface area contributed by atoms with E-state index in [1.54, 1.807) is 24.3 Å². The zero-order valence-corrected chi connectivity index (χ0v) is 15.1. The van der Waals surface area contributed by atoms with Gasteiger partial charge in [-0.3, -0.25) is 4.79 Å². The Bertz CT molecular complexity index is 784. The summed E-state index contributed by atoms with van der Waals surface area (Å²) in [6.07, 6.45) is -0.931. The molecule has 1 fully saturated rings. The van der Waals surface area contributed by atoms with Gasteiger partial charge < -0.3 is 25.4 Å². The SMILES string of the molecule is CC(Oc1ccc(NC(=O)c2ccc(N3CCNCC3)cc2)cc1)C(=O)O. The number of hydrogen-bond donors (Lipinski definition) is 3. The summed E-state index contributed by atoms with van der Waals surface area (Å²) in [5.74, 6) is -0.797. The van der Waals surface area contributed by atoms with Crippen LogP contribution in [0.3, 0.4) is 0 Å². The second-order valence-corrected chi connectivity index (χ2v) is 6.36. The number of carbonyl (C=O) groups is 2. The molecule has 3 rings (SSSR count). The Morgan fingerprint density at radius 2 is 1.70 bits per heavy atom. The highest BCUT2D eigenvalue weighted by molar-refractivity contribution is 6.04. The van der Waals surface area contributed by atoms with Gasteiger partial charge >= 0.3 is 5.97 Å². The van der Waals surface area contributed by atoms with E-state index in [1.807, 2.05) is 24.3 Å². The average molecular weight is 369 g/mol. The molecule has 0 aliphatic carbocycles. The Morgan fingerprint density at radius 1 is 1.07 bits per heavy atom. The van der Waals surface area contributed by atoms with Gasteiger partial charge in [-0.1, -0.05) is 0 Å². The van der Waals surface area contributed by atoms with Gasteiger partial charge in [-0.2, -0.15) is 0 Å². The number of aliphatic carboxylic acids is 1. The van der Waals surface area contributed by atoms with Gasteiger partial charge in [0, 0.05) is 43.1 Å². The number of carbonyl (C=O) groups excluding carboxylic acids is 1. The van der Waals surface area contributed by atoms with Gasteiger partial charge in [0.1, 0.15) is 5.75 Å². The lowest BCUT2D eigenvalue weighted by atomic mass is 10.1. The number of anilines is 2. The number of hydrogen-bond acceptors (Lipinski definition) is 5. The molecule has 1 unspecified atom stereocenters. The molecule has 2 aromatic rings. The molecule has 1 saturated heterocycles. The molecule has 7 nitrogen and oxygen atoms in total. The molecule has 142 valence electrons. The van der Waals surface area contributed by atoms with Crippen molar-refractivity contribution in [2.75, 3.05) is 36.4 Å². The van der Waals surface area contributed by atoms with Crippen molar-refractivity contribution >= 4 is 23.3 Å². The minimum atomic E-state index is -1.03. The number of piperazine rings is 1. The summed E-state index contributed by atoms with van der Waals surface area (Å²) in [6, 6.07) is 14.2. The highest BCUT2D eigenvalue weighted by Gasteiger charge is 2.13. The third kappa shape index (κ3) is 4.98. The molecule has 1 heterocycles. The van der Waals surface area contributed by atoms with Crippen LogP contribution in [0.4, 0.5) is 11.4 Å². The van der Waals surface area contributed by atoms with Gasteiger partial charge in [0.15, 0.2) is 6.10 Å². The number of carboxylic acids is 1. The van der Waals surface area contributed by atoms with Gasteiger partial charge in [0.25, 0.3) is 5.91 Å². The summed E-state index contributed by atoms with van der Waals surface area (Å²) in [4.78, 5) is 25.5. The van der Waals surface area contributed by atoms with Crippen LogP contribution in [-0.4, -0.2) is 49.3 Å². The topological polar surface area (TPSA) is 90.9 Å². The maximum absolute atomic E-state index is 12.4. The van der Waals surface area contributed by atoms with Crippen LogP contribution in [0.15, 0.2) is 48.5 Å². The van der Waals surface area contributed by atoms with E-state index in [-0.39, 0.29) is 5.91 Å². The van der Waals surface area contributed by atoms with Crippen molar-refractivity contribution in [3.8, 4) is 5.75 Å². The molecule has 7 heteroatoms. The lowest BCUT2D eigenvalue weighted by molar-refractivity contribution is -0.144. The first-order valence-electron chi connectivity index (χ1n) is 8.89. The fourth-order valence-electron chi connectivity index (χ4n) is 2.82. The van der Waals surface area contributed by atoms with Crippen LogP contribution < -0.4 is 20.3 Å².